The third-order valence-electron chi connectivity index (χ3n) is 2.11. The summed E-state index contributed by atoms with van der Waals surface area (Å²) in [7, 11) is 0. The number of hydrogen-bond donors (Lipinski definition) is 1. The van der Waals surface area contributed by atoms with Gasteiger partial charge in [0.2, 0.25) is 5.91 Å². The summed E-state index contributed by atoms with van der Waals surface area (Å²) in [5.74, 6) is -0.320. The molecule has 0 unspecified atom stereocenters. The first-order chi connectivity index (χ1) is 7.79. The van der Waals surface area contributed by atoms with Crippen molar-refractivity contribution in [3.8, 4) is 6.07 Å². The predicted molar refractivity (Wildman–Crippen MR) is 60.6 cm³/mol. The van der Waals surface area contributed by atoms with Gasteiger partial charge in [0.15, 0.2) is 0 Å². The van der Waals surface area contributed by atoms with Gasteiger partial charge in [-0.1, -0.05) is 18.2 Å². The van der Waals surface area contributed by atoms with Crippen LogP contribution < -0.4 is 5.32 Å². The number of amides is 1. The third-order valence-corrected chi connectivity index (χ3v) is 2.11. The molecule has 0 fully saturated rings. The highest BCUT2D eigenvalue weighted by Crippen LogP contribution is 2.15. The van der Waals surface area contributed by atoms with E-state index in [0.29, 0.717) is 5.69 Å². The van der Waals surface area contributed by atoms with Crippen molar-refractivity contribution in [2.24, 2.45) is 0 Å². The zero-order chi connectivity index (χ0) is 11.4. The summed E-state index contributed by atoms with van der Waals surface area (Å²) in [6, 6.07) is 11.3. The number of rotatable bonds is 2. The molecule has 1 amide bonds. The summed E-state index contributed by atoms with van der Waals surface area (Å²) in [4.78, 5) is 15.4. The monoisotopic (exact) mass is 211 g/mol. The highest BCUT2D eigenvalue weighted by molar-refractivity contribution is 5.94. The molecular formula is C12H9N3O. The Morgan fingerprint density at radius 3 is 3.06 bits per heavy atom. The van der Waals surface area contributed by atoms with Crippen molar-refractivity contribution >= 4 is 22.5 Å². The average Bonchev–Trinajstić information content (AvgIpc) is 2.29. The highest BCUT2D eigenvalue weighted by atomic mass is 16.1. The van der Waals surface area contributed by atoms with Crippen molar-refractivity contribution in [2.45, 2.75) is 6.42 Å². The van der Waals surface area contributed by atoms with E-state index >= 15 is 0 Å². The van der Waals surface area contributed by atoms with Crippen LogP contribution >= 0.6 is 0 Å². The topological polar surface area (TPSA) is 65.8 Å². The van der Waals surface area contributed by atoms with Crippen molar-refractivity contribution < 1.29 is 4.79 Å². The number of aromatic nitrogens is 1. The molecule has 0 aliphatic carbocycles. The number of nitriles is 1. The van der Waals surface area contributed by atoms with Gasteiger partial charge in [-0.2, -0.15) is 5.26 Å². The molecule has 4 nitrogen and oxygen atoms in total. The number of carbonyl (C=O) groups is 1. The van der Waals surface area contributed by atoms with E-state index in [1.165, 1.54) is 0 Å². The highest BCUT2D eigenvalue weighted by Gasteiger charge is 2.02. The summed E-state index contributed by atoms with van der Waals surface area (Å²) >= 11 is 0. The minimum atomic E-state index is -0.320. The SMILES string of the molecule is N#CCC(=O)Nc1cnc2ccccc2c1. The zero-order valence-electron chi connectivity index (χ0n) is 8.47. The molecule has 0 spiro atoms. The quantitative estimate of drug-likeness (QED) is 0.827. The molecule has 16 heavy (non-hydrogen) atoms. The molecule has 1 heterocycles. The van der Waals surface area contributed by atoms with E-state index < -0.39 is 0 Å². The van der Waals surface area contributed by atoms with E-state index in [-0.39, 0.29) is 12.3 Å². The van der Waals surface area contributed by atoms with Crippen molar-refractivity contribution in [2.75, 3.05) is 5.32 Å². The van der Waals surface area contributed by atoms with Crippen LogP contribution in [-0.2, 0) is 4.79 Å². The van der Waals surface area contributed by atoms with Crippen LogP contribution in [0.3, 0.4) is 0 Å². The summed E-state index contributed by atoms with van der Waals surface area (Å²) in [6.07, 6.45) is 1.43. The van der Waals surface area contributed by atoms with E-state index in [2.05, 4.69) is 10.3 Å². The van der Waals surface area contributed by atoms with Gasteiger partial charge in [-0.15, -0.1) is 0 Å². The standard InChI is InChI=1S/C12H9N3O/c13-6-5-12(16)15-10-7-9-3-1-2-4-11(9)14-8-10/h1-4,7-8H,5H2,(H,15,16). The van der Waals surface area contributed by atoms with Gasteiger partial charge in [0.05, 0.1) is 23.5 Å². The van der Waals surface area contributed by atoms with Gasteiger partial charge in [0.25, 0.3) is 0 Å². The largest absolute Gasteiger partial charge is 0.324 e. The van der Waals surface area contributed by atoms with Crippen LogP contribution in [0.15, 0.2) is 36.5 Å². The van der Waals surface area contributed by atoms with Crippen LogP contribution in [0, 0.1) is 11.3 Å². The number of anilines is 1. The lowest BCUT2D eigenvalue weighted by Crippen LogP contribution is -2.10. The van der Waals surface area contributed by atoms with Crippen molar-refractivity contribution in [1.29, 1.82) is 5.26 Å². The molecule has 78 valence electrons. The van der Waals surface area contributed by atoms with Gasteiger partial charge in [-0.3, -0.25) is 9.78 Å². The first-order valence-corrected chi connectivity index (χ1v) is 4.81. The first kappa shape index (κ1) is 10.1. The Hall–Kier alpha value is -2.41. The number of carbonyl (C=O) groups excluding carboxylic acids is 1. The number of fused-ring (bicyclic) bond motifs is 1. The second kappa shape index (κ2) is 4.41. The van der Waals surface area contributed by atoms with E-state index in [4.69, 9.17) is 5.26 Å². The van der Waals surface area contributed by atoms with Crippen LogP contribution in [-0.4, -0.2) is 10.9 Å². The maximum absolute atomic E-state index is 11.2. The van der Waals surface area contributed by atoms with Gasteiger partial charge in [0.1, 0.15) is 6.42 Å². The molecule has 2 rings (SSSR count). The molecular weight excluding hydrogens is 202 g/mol. The Kier molecular flexibility index (Phi) is 2.79. The Bertz CT molecular complexity index is 572. The van der Waals surface area contributed by atoms with Gasteiger partial charge in [-0.25, -0.2) is 0 Å². The lowest BCUT2D eigenvalue weighted by molar-refractivity contribution is -0.115. The van der Waals surface area contributed by atoms with Gasteiger partial charge in [0, 0.05) is 5.39 Å². The Morgan fingerprint density at radius 2 is 2.25 bits per heavy atom. The zero-order valence-corrected chi connectivity index (χ0v) is 8.47. The van der Waals surface area contributed by atoms with Gasteiger partial charge >= 0.3 is 0 Å². The molecule has 0 saturated heterocycles. The molecule has 4 heteroatoms. The first-order valence-electron chi connectivity index (χ1n) is 4.81. The van der Waals surface area contributed by atoms with Crippen molar-refractivity contribution in [1.82, 2.24) is 4.98 Å². The van der Waals surface area contributed by atoms with Crippen LogP contribution in [0.2, 0.25) is 0 Å². The molecule has 1 aromatic heterocycles. The normalized spacial score (nSPS) is 9.69. The molecule has 1 aromatic carbocycles. The average molecular weight is 211 g/mol. The van der Waals surface area contributed by atoms with Crippen LogP contribution in [0.5, 0.6) is 0 Å². The van der Waals surface area contributed by atoms with Crippen molar-refractivity contribution in [3.05, 3.63) is 36.5 Å². The lowest BCUT2D eigenvalue weighted by atomic mass is 10.2. The van der Waals surface area contributed by atoms with Crippen LogP contribution in [0.4, 0.5) is 5.69 Å². The van der Waals surface area contributed by atoms with Crippen molar-refractivity contribution in [3.63, 3.8) is 0 Å². The third kappa shape index (κ3) is 2.15. The smallest absolute Gasteiger partial charge is 0.238 e. The van der Waals surface area contributed by atoms with Crippen LogP contribution in [0.25, 0.3) is 10.9 Å². The van der Waals surface area contributed by atoms with Crippen LogP contribution in [0.1, 0.15) is 6.42 Å². The van der Waals surface area contributed by atoms with E-state index in [0.717, 1.165) is 10.9 Å². The fraction of sp³-hybridized carbons (Fsp3) is 0.0833. The second-order valence-corrected chi connectivity index (χ2v) is 3.30. The van der Waals surface area contributed by atoms with E-state index in [9.17, 15) is 4.79 Å². The van der Waals surface area contributed by atoms with E-state index in [1.807, 2.05) is 30.3 Å². The Labute approximate surface area is 92.5 Å². The van der Waals surface area contributed by atoms with E-state index in [1.54, 1.807) is 12.3 Å². The second-order valence-electron chi connectivity index (χ2n) is 3.30. The molecule has 2 aromatic rings. The maximum atomic E-state index is 11.2. The fourth-order valence-corrected chi connectivity index (χ4v) is 1.42. The molecule has 0 aliphatic heterocycles. The lowest BCUT2D eigenvalue weighted by Gasteiger charge is -2.03. The fourth-order valence-electron chi connectivity index (χ4n) is 1.42. The van der Waals surface area contributed by atoms with Gasteiger partial charge in [-0.05, 0) is 12.1 Å². The Balaban J connectivity index is 2.26. The number of pyridine rings is 1. The molecule has 0 aliphatic rings. The minimum Gasteiger partial charge on any atom is -0.324 e. The minimum absolute atomic E-state index is 0.146. The number of nitrogens with one attached hydrogen (secondary N) is 1. The number of hydrogen-bond acceptors (Lipinski definition) is 3. The number of benzene rings is 1. The summed E-state index contributed by atoms with van der Waals surface area (Å²) in [6.45, 7) is 0. The maximum Gasteiger partial charge on any atom is 0.238 e. The predicted octanol–water partition coefficient (Wildman–Crippen LogP) is 2.09. The van der Waals surface area contributed by atoms with Gasteiger partial charge < -0.3 is 5.32 Å². The number of para-hydroxylation sites is 1. The molecule has 1 N–H and O–H groups in total. The summed E-state index contributed by atoms with van der Waals surface area (Å²) < 4.78 is 0. The molecule has 0 atom stereocenters. The summed E-state index contributed by atoms with van der Waals surface area (Å²) in [5.41, 5.74) is 1.49. The summed E-state index contributed by atoms with van der Waals surface area (Å²) in [5, 5.41) is 11.9. The number of nitrogens with zero attached hydrogens (tertiary/aromatic N) is 2. The molecule has 0 saturated carbocycles. The molecule has 0 radical (unpaired) electrons. The molecule has 0 bridgehead atoms. The Morgan fingerprint density at radius 1 is 1.44 bits per heavy atom.